The average molecular weight is 1040 g/mol. The van der Waals surface area contributed by atoms with Crippen LogP contribution in [0.5, 0.6) is 0 Å². The highest BCUT2D eigenvalue weighted by Gasteiger charge is 2.27. The molecule has 4 unspecified atom stereocenters. The number of urea groups is 2. The van der Waals surface area contributed by atoms with Crippen LogP contribution in [0.4, 0.5) is 9.59 Å². The van der Waals surface area contributed by atoms with E-state index in [9.17, 15) is 68.4 Å². The van der Waals surface area contributed by atoms with E-state index in [1.165, 1.54) is 29.1 Å². The van der Waals surface area contributed by atoms with Crippen LogP contribution in [-0.2, 0) is 54.3 Å². The molecular formula is C43H64N10O20. The molecule has 0 aliphatic rings. The number of hydrogen-bond donors (Lipinski definition) is 13. The van der Waals surface area contributed by atoms with Gasteiger partial charge in [-0.05, 0) is 69.6 Å². The van der Waals surface area contributed by atoms with Crippen molar-refractivity contribution in [3.63, 3.8) is 0 Å². The van der Waals surface area contributed by atoms with Crippen LogP contribution >= 0.6 is 0 Å². The lowest BCUT2D eigenvalue weighted by molar-refractivity contribution is -0.142. The van der Waals surface area contributed by atoms with E-state index in [1.807, 2.05) is 10.6 Å². The fourth-order valence-electron chi connectivity index (χ4n) is 6.25. The number of rotatable bonds is 40. The van der Waals surface area contributed by atoms with E-state index >= 15 is 0 Å². The van der Waals surface area contributed by atoms with Crippen molar-refractivity contribution in [2.24, 2.45) is 5.73 Å². The van der Waals surface area contributed by atoms with Crippen molar-refractivity contribution < 1.29 is 97.5 Å². The van der Waals surface area contributed by atoms with E-state index in [-0.39, 0.29) is 88.2 Å². The summed E-state index contributed by atoms with van der Waals surface area (Å²) in [6.07, 6.45) is -0.0465. The lowest BCUT2D eigenvalue weighted by Gasteiger charge is -2.18. The second-order valence-corrected chi connectivity index (χ2v) is 15.8. The van der Waals surface area contributed by atoms with E-state index < -0.39 is 110 Å². The molecule has 1 heterocycles. The molecule has 73 heavy (non-hydrogen) atoms. The van der Waals surface area contributed by atoms with E-state index in [0.29, 0.717) is 45.3 Å². The largest absolute Gasteiger partial charge is 0.481 e. The van der Waals surface area contributed by atoms with Gasteiger partial charge in [-0.1, -0.05) is 5.21 Å². The number of nitrogens with zero attached hydrogens (tertiary/aromatic N) is 3. The Morgan fingerprint density at radius 1 is 0.521 bits per heavy atom. The molecule has 2 rings (SSSR count). The molecule has 2 aromatic rings. The minimum atomic E-state index is -1.59. The molecule has 1 aromatic carbocycles. The predicted molar refractivity (Wildman–Crippen MR) is 248 cm³/mol. The molecule has 0 fully saturated rings. The Balaban J connectivity index is 2.08. The molecule has 14 N–H and O–H groups in total. The third-order valence-electron chi connectivity index (χ3n) is 9.99. The summed E-state index contributed by atoms with van der Waals surface area (Å²) in [6.45, 7) is 2.89. The van der Waals surface area contributed by atoms with Gasteiger partial charge in [0.25, 0.3) is 11.8 Å². The zero-order valence-corrected chi connectivity index (χ0v) is 39.8. The smallest absolute Gasteiger partial charge is 0.326 e. The minimum Gasteiger partial charge on any atom is -0.481 e. The third-order valence-corrected chi connectivity index (χ3v) is 9.99. The van der Waals surface area contributed by atoms with E-state index in [2.05, 4.69) is 31.6 Å². The maximum absolute atomic E-state index is 13.5. The van der Waals surface area contributed by atoms with Crippen LogP contribution in [0.3, 0.4) is 0 Å². The molecule has 0 bridgehead atoms. The molecule has 0 aliphatic heterocycles. The highest BCUT2D eigenvalue weighted by Crippen LogP contribution is 2.16. The van der Waals surface area contributed by atoms with Gasteiger partial charge in [0.05, 0.1) is 64.7 Å². The number of carboxylic acids is 6. The summed E-state index contributed by atoms with van der Waals surface area (Å²) in [7, 11) is 0. The van der Waals surface area contributed by atoms with Crippen molar-refractivity contribution in [1.29, 1.82) is 0 Å². The number of carbonyl (C=O) groups is 10. The summed E-state index contributed by atoms with van der Waals surface area (Å²) < 4.78 is 23.0. The van der Waals surface area contributed by atoms with Crippen LogP contribution in [0, 0.1) is 0 Å². The molecule has 0 aliphatic carbocycles. The van der Waals surface area contributed by atoms with Gasteiger partial charge in [-0.25, -0.2) is 33.4 Å². The summed E-state index contributed by atoms with van der Waals surface area (Å²) >= 11 is 0. The number of aromatic nitrogens is 3. The zero-order chi connectivity index (χ0) is 54.1. The number of nitrogens with one attached hydrogen (secondary N) is 6. The van der Waals surface area contributed by atoms with Gasteiger partial charge in [0.1, 0.15) is 29.9 Å². The highest BCUT2D eigenvalue weighted by atomic mass is 16.6. The number of carbonyl (C=O) groups excluding carboxylic acids is 4. The molecule has 406 valence electrons. The lowest BCUT2D eigenvalue weighted by atomic mass is 10.1. The van der Waals surface area contributed by atoms with Crippen LogP contribution in [0.1, 0.15) is 90.6 Å². The summed E-state index contributed by atoms with van der Waals surface area (Å²) in [5.74, 6) is -9.77. The first kappa shape index (κ1) is 61.6. The number of amides is 6. The van der Waals surface area contributed by atoms with E-state index in [1.54, 1.807) is 0 Å². The number of aliphatic carboxylic acids is 6. The van der Waals surface area contributed by atoms with Gasteiger partial charge in [0.2, 0.25) is 0 Å². The Morgan fingerprint density at radius 2 is 0.904 bits per heavy atom. The van der Waals surface area contributed by atoms with Crippen molar-refractivity contribution in [2.45, 2.75) is 95.0 Å². The normalized spacial score (nSPS) is 12.6. The summed E-state index contributed by atoms with van der Waals surface area (Å²) in [5, 5.41) is 77.4. The molecule has 0 radical (unpaired) electrons. The first-order valence-electron chi connectivity index (χ1n) is 22.9. The minimum absolute atomic E-state index is 0.000421. The van der Waals surface area contributed by atoms with E-state index in [4.69, 9.17) is 34.9 Å². The number of nitrogens with two attached hydrogens (primary N) is 1. The summed E-state index contributed by atoms with van der Waals surface area (Å²) in [6, 6.07) is -4.22. The summed E-state index contributed by atoms with van der Waals surface area (Å²) in [5.41, 5.74) is 5.98. The van der Waals surface area contributed by atoms with Crippen LogP contribution < -0.4 is 37.6 Å². The predicted octanol–water partition coefficient (Wildman–Crippen LogP) is -1.27. The quantitative estimate of drug-likeness (QED) is 0.0346. The molecular weight excluding hydrogens is 977 g/mol. The van der Waals surface area contributed by atoms with E-state index in [0.717, 1.165) is 0 Å². The van der Waals surface area contributed by atoms with Crippen molar-refractivity contribution >= 4 is 59.7 Å². The van der Waals surface area contributed by atoms with Gasteiger partial charge >= 0.3 is 47.9 Å². The zero-order valence-electron chi connectivity index (χ0n) is 39.8. The number of unbranched alkanes of at least 4 members (excludes halogenated alkanes) is 2. The molecule has 4 atom stereocenters. The standard InChI is InChI=1S/C43H64N10O20/c44-11-14-70-15-16-71-17-18-72-19-20-73-25-28-24-53(52-51-28)29-22-26(36(58)45-12-3-1-5-30(38(60)61)47-42(68)49-32(40(64)65)7-9-34(54)55)21-27(23-29)37(59)46-13-4-2-6-31(39(62)63)48-43(69)50-33(41(66)67)8-10-35(56)57/h21-24,30-33H,1-20,25,44H2,(H,45,58)(H,46,59)(H,54,55)(H,56,57)(H,60,61)(H,62,63)(H,64,65)(H,66,67)(H2,47,49,68)(H2,48,50,69). The number of benzene rings is 1. The fourth-order valence-corrected chi connectivity index (χ4v) is 6.25. The maximum Gasteiger partial charge on any atom is 0.326 e. The van der Waals surface area contributed by atoms with Gasteiger partial charge in [-0.2, -0.15) is 0 Å². The molecule has 30 nitrogen and oxygen atoms in total. The van der Waals surface area contributed by atoms with Gasteiger partial charge in [0, 0.05) is 43.6 Å². The highest BCUT2D eigenvalue weighted by molar-refractivity contribution is 6.00. The molecule has 6 amide bonds. The number of hydrogen-bond acceptors (Lipinski definition) is 17. The maximum atomic E-state index is 13.5. The van der Waals surface area contributed by atoms with Crippen LogP contribution in [0.15, 0.2) is 24.4 Å². The van der Waals surface area contributed by atoms with Crippen molar-refractivity contribution in [1.82, 2.24) is 46.9 Å². The third kappa shape index (κ3) is 26.5. The van der Waals surface area contributed by atoms with Gasteiger partial charge in [-0.15, -0.1) is 5.10 Å². The number of ether oxygens (including phenoxy) is 4. The number of carboxylic acid groups (broad SMARTS) is 6. The van der Waals surface area contributed by atoms with Gasteiger partial charge < -0.3 is 87.2 Å². The Labute approximate surface area is 417 Å². The Kier molecular flexibility index (Phi) is 29.3. The van der Waals surface area contributed by atoms with Crippen LogP contribution in [-0.4, -0.2) is 195 Å². The lowest BCUT2D eigenvalue weighted by Crippen LogP contribution is -2.51. The first-order chi connectivity index (χ1) is 34.8. The average Bonchev–Trinajstić information content (AvgIpc) is 3.81. The van der Waals surface area contributed by atoms with Crippen LogP contribution in [0.25, 0.3) is 5.69 Å². The SMILES string of the molecule is NCCOCCOCCOCCOCc1cn(-c2cc(C(=O)NCCCCC(NC(=O)NC(CCC(=O)O)C(=O)O)C(=O)O)cc(C(=O)NCCCCC(NC(=O)NC(CCC(=O)O)C(=O)O)C(=O)O)c2)nn1. The second kappa shape index (κ2) is 34.7. The molecule has 30 heteroatoms. The first-order valence-corrected chi connectivity index (χ1v) is 22.9. The van der Waals surface area contributed by atoms with Gasteiger partial charge in [-0.3, -0.25) is 19.2 Å². The Bertz CT molecular complexity index is 2030. The van der Waals surface area contributed by atoms with Crippen molar-refractivity contribution in [3.8, 4) is 5.69 Å². The fraction of sp³-hybridized carbons (Fsp3) is 0.581. The molecule has 0 spiro atoms. The van der Waals surface area contributed by atoms with Gasteiger partial charge in [0.15, 0.2) is 0 Å². The van der Waals surface area contributed by atoms with Crippen molar-refractivity contribution in [2.75, 3.05) is 65.9 Å². The van der Waals surface area contributed by atoms with Crippen LogP contribution in [0.2, 0.25) is 0 Å². The Morgan fingerprint density at radius 3 is 1.29 bits per heavy atom. The second-order valence-electron chi connectivity index (χ2n) is 15.8. The molecule has 0 saturated carbocycles. The summed E-state index contributed by atoms with van der Waals surface area (Å²) in [4.78, 5) is 120. The molecule has 1 aromatic heterocycles. The topological polar surface area (TPSA) is 458 Å². The molecule has 0 saturated heterocycles. The Hall–Kier alpha value is -7.54. The van der Waals surface area contributed by atoms with Crippen molar-refractivity contribution in [3.05, 3.63) is 41.2 Å². The monoisotopic (exact) mass is 1040 g/mol.